The molecule has 1 aromatic carbocycles. The van der Waals surface area contributed by atoms with Crippen molar-refractivity contribution in [3.05, 3.63) is 57.9 Å². The van der Waals surface area contributed by atoms with Crippen LogP contribution in [0.25, 0.3) is 0 Å². The molecule has 0 saturated heterocycles. The zero-order valence-electron chi connectivity index (χ0n) is 14.1. The molecule has 0 unspecified atom stereocenters. The Morgan fingerprint density at radius 2 is 1.96 bits per heavy atom. The molecular formula is C18H18N2O3S2. The number of carbonyl (C=O) groups excluding carboxylic acids is 1. The molecule has 0 fully saturated rings. The van der Waals surface area contributed by atoms with Gasteiger partial charge in [-0.15, -0.1) is 0 Å². The highest BCUT2D eigenvalue weighted by Gasteiger charge is 2.35. The fraction of sp³-hybridized carbons (Fsp3) is 0.222. The first-order valence-electron chi connectivity index (χ1n) is 7.62. The van der Waals surface area contributed by atoms with Gasteiger partial charge in [0.25, 0.3) is 0 Å². The third-order valence-corrected chi connectivity index (χ3v) is 5.10. The lowest BCUT2D eigenvalue weighted by molar-refractivity contribution is -0.136. The molecular weight excluding hydrogens is 356 g/mol. The number of anilines is 1. The topological polar surface area (TPSA) is 50.8 Å². The van der Waals surface area contributed by atoms with Gasteiger partial charge in [-0.3, -0.25) is 4.90 Å². The number of hydrogen-bond donors (Lipinski definition) is 1. The summed E-state index contributed by atoms with van der Waals surface area (Å²) >= 11 is 7.15. The number of esters is 1. The Morgan fingerprint density at radius 1 is 1.24 bits per heavy atom. The first-order valence-corrected chi connectivity index (χ1v) is 8.97. The van der Waals surface area contributed by atoms with E-state index in [2.05, 4.69) is 5.32 Å². The molecule has 0 aliphatic carbocycles. The fourth-order valence-electron chi connectivity index (χ4n) is 2.85. The van der Waals surface area contributed by atoms with Gasteiger partial charge in [-0.25, -0.2) is 4.79 Å². The van der Waals surface area contributed by atoms with E-state index in [1.165, 1.54) is 7.11 Å². The average Bonchev–Trinajstić information content (AvgIpc) is 3.16. The number of carbonyl (C=O) groups is 1. The van der Waals surface area contributed by atoms with Crippen molar-refractivity contribution in [2.24, 2.45) is 0 Å². The predicted molar refractivity (Wildman–Crippen MR) is 103 cm³/mol. The van der Waals surface area contributed by atoms with Crippen molar-refractivity contribution >= 4 is 40.3 Å². The molecule has 1 atom stereocenters. The molecule has 0 spiro atoms. The highest BCUT2D eigenvalue weighted by atomic mass is 32.1. The van der Waals surface area contributed by atoms with Crippen molar-refractivity contribution in [1.29, 1.82) is 0 Å². The molecule has 5 nitrogen and oxygen atoms in total. The van der Waals surface area contributed by atoms with Gasteiger partial charge < -0.3 is 14.8 Å². The molecule has 1 N–H and O–H groups in total. The minimum absolute atomic E-state index is 0.319. The second-order valence-electron chi connectivity index (χ2n) is 5.46. The van der Waals surface area contributed by atoms with E-state index in [0.29, 0.717) is 10.7 Å². The lowest BCUT2D eigenvalue weighted by atomic mass is 9.97. The van der Waals surface area contributed by atoms with Crippen molar-refractivity contribution in [2.75, 3.05) is 19.1 Å². The van der Waals surface area contributed by atoms with E-state index in [4.69, 9.17) is 21.7 Å². The van der Waals surface area contributed by atoms with Gasteiger partial charge in [0, 0.05) is 11.4 Å². The maximum atomic E-state index is 12.5. The molecule has 0 amide bonds. The Morgan fingerprint density at radius 3 is 2.52 bits per heavy atom. The van der Waals surface area contributed by atoms with Crippen molar-refractivity contribution in [3.63, 3.8) is 0 Å². The van der Waals surface area contributed by atoms with Gasteiger partial charge >= 0.3 is 5.97 Å². The number of rotatable bonds is 4. The van der Waals surface area contributed by atoms with Gasteiger partial charge in [-0.1, -0.05) is 0 Å². The number of ether oxygens (including phenoxy) is 2. The van der Waals surface area contributed by atoms with E-state index in [-0.39, 0.29) is 12.0 Å². The van der Waals surface area contributed by atoms with Gasteiger partial charge in [0.15, 0.2) is 5.11 Å². The van der Waals surface area contributed by atoms with Crippen LogP contribution in [0.4, 0.5) is 5.69 Å². The van der Waals surface area contributed by atoms with E-state index in [0.717, 1.165) is 22.7 Å². The fourth-order valence-corrected chi connectivity index (χ4v) is 3.90. The van der Waals surface area contributed by atoms with Crippen molar-refractivity contribution in [1.82, 2.24) is 5.32 Å². The van der Waals surface area contributed by atoms with Gasteiger partial charge in [-0.2, -0.15) is 11.3 Å². The quantitative estimate of drug-likeness (QED) is 0.651. The number of benzene rings is 1. The van der Waals surface area contributed by atoms with Gasteiger partial charge in [0.05, 0.1) is 25.8 Å². The van der Waals surface area contributed by atoms with Crippen molar-refractivity contribution in [2.45, 2.75) is 13.0 Å². The summed E-state index contributed by atoms with van der Waals surface area (Å²) in [6, 6.07) is 9.17. The number of methoxy groups -OCH3 is 2. The molecule has 3 rings (SSSR count). The van der Waals surface area contributed by atoms with Crippen LogP contribution in [0.5, 0.6) is 5.75 Å². The largest absolute Gasteiger partial charge is 0.497 e. The molecule has 7 heteroatoms. The number of thiocarbonyl (C=S) groups is 1. The second-order valence-corrected chi connectivity index (χ2v) is 6.63. The highest BCUT2D eigenvalue weighted by molar-refractivity contribution is 7.80. The number of allylic oxidation sites excluding steroid dienone is 1. The van der Waals surface area contributed by atoms with Gasteiger partial charge in [-0.05, 0) is 65.8 Å². The summed E-state index contributed by atoms with van der Waals surface area (Å²) in [4.78, 5) is 14.3. The van der Waals surface area contributed by atoms with Crippen LogP contribution in [-0.2, 0) is 9.53 Å². The molecule has 0 saturated carbocycles. The van der Waals surface area contributed by atoms with Crippen LogP contribution in [-0.4, -0.2) is 25.3 Å². The Balaban J connectivity index is 2.08. The minimum atomic E-state index is -0.373. The first-order chi connectivity index (χ1) is 12.1. The summed E-state index contributed by atoms with van der Waals surface area (Å²) in [5.74, 6) is 0.382. The lowest BCUT2D eigenvalue weighted by Gasteiger charge is -2.37. The maximum absolute atomic E-state index is 12.5. The van der Waals surface area contributed by atoms with E-state index < -0.39 is 0 Å². The monoisotopic (exact) mass is 374 g/mol. The van der Waals surface area contributed by atoms with Gasteiger partial charge in [0.1, 0.15) is 5.75 Å². The second kappa shape index (κ2) is 7.25. The lowest BCUT2D eigenvalue weighted by Crippen LogP contribution is -2.48. The predicted octanol–water partition coefficient (Wildman–Crippen LogP) is 3.64. The molecule has 1 aliphatic rings. The van der Waals surface area contributed by atoms with Crippen LogP contribution >= 0.6 is 23.6 Å². The van der Waals surface area contributed by atoms with Crippen LogP contribution < -0.4 is 15.0 Å². The zero-order valence-corrected chi connectivity index (χ0v) is 15.7. The number of hydrogen-bond acceptors (Lipinski definition) is 5. The van der Waals surface area contributed by atoms with Gasteiger partial charge in [0.2, 0.25) is 0 Å². The SMILES string of the molecule is COC(=O)C1=C(C)N(c2ccc(OC)cc2)C(=S)N[C@@H]1c1ccsc1. The zero-order chi connectivity index (χ0) is 18.0. The summed E-state index contributed by atoms with van der Waals surface area (Å²) < 4.78 is 10.2. The molecule has 2 aromatic rings. The summed E-state index contributed by atoms with van der Waals surface area (Å²) in [5, 5.41) is 7.77. The van der Waals surface area contributed by atoms with Crippen LogP contribution in [0, 0.1) is 0 Å². The van der Waals surface area contributed by atoms with Crippen molar-refractivity contribution < 1.29 is 14.3 Å². The van der Waals surface area contributed by atoms with Crippen molar-refractivity contribution in [3.8, 4) is 5.75 Å². The van der Waals surface area contributed by atoms with E-state index >= 15 is 0 Å². The van der Waals surface area contributed by atoms with Crippen LogP contribution in [0.2, 0.25) is 0 Å². The Labute approximate surface area is 155 Å². The highest BCUT2D eigenvalue weighted by Crippen LogP contribution is 2.35. The summed E-state index contributed by atoms with van der Waals surface area (Å²) in [6.45, 7) is 1.88. The Hall–Kier alpha value is -2.38. The third kappa shape index (κ3) is 3.25. The summed E-state index contributed by atoms with van der Waals surface area (Å²) in [7, 11) is 3.01. The molecule has 2 heterocycles. The minimum Gasteiger partial charge on any atom is -0.497 e. The molecule has 0 radical (unpaired) electrons. The van der Waals surface area contributed by atoms with Crippen LogP contribution in [0.1, 0.15) is 18.5 Å². The molecule has 1 aliphatic heterocycles. The van der Waals surface area contributed by atoms with Crippen LogP contribution in [0.15, 0.2) is 52.4 Å². The smallest absolute Gasteiger partial charge is 0.337 e. The molecule has 1 aromatic heterocycles. The third-order valence-electron chi connectivity index (χ3n) is 4.10. The maximum Gasteiger partial charge on any atom is 0.337 e. The first kappa shape index (κ1) is 17.4. The molecule has 130 valence electrons. The number of nitrogens with zero attached hydrogens (tertiary/aromatic N) is 1. The van der Waals surface area contributed by atoms with Crippen LogP contribution in [0.3, 0.4) is 0 Å². The average molecular weight is 374 g/mol. The van der Waals surface area contributed by atoms with E-state index in [1.54, 1.807) is 18.4 Å². The normalized spacial score (nSPS) is 17.3. The van der Waals surface area contributed by atoms with E-state index in [1.807, 2.05) is 52.9 Å². The standard InChI is InChI=1S/C18H18N2O3S2/c1-11-15(17(21)23-3)16(12-8-9-25-10-12)19-18(24)20(11)13-4-6-14(22-2)7-5-13/h4-10,16H,1-3H3,(H,19,24)/t16-/m1/s1. The number of thiophene rings is 1. The molecule has 0 bridgehead atoms. The Kier molecular flexibility index (Phi) is 5.06. The summed E-state index contributed by atoms with van der Waals surface area (Å²) in [6.07, 6.45) is 0. The van der Waals surface area contributed by atoms with E-state index in [9.17, 15) is 4.79 Å². The number of nitrogens with one attached hydrogen (secondary N) is 1. The molecule has 25 heavy (non-hydrogen) atoms. The Bertz CT molecular complexity index is 813. The summed E-state index contributed by atoms with van der Waals surface area (Å²) in [5.41, 5.74) is 3.13.